The normalized spacial score (nSPS) is 13.7. The lowest BCUT2D eigenvalue weighted by atomic mass is 9.96. The molecule has 2 heteroatoms. The Kier molecular flexibility index (Phi) is 4.83. The Balaban J connectivity index is 1.29. The Morgan fingerprint density at radius 3 is 1.98 bits per heavy atom. The summed E-state index contributed by atoms with van der Waals surface area (Å²) in [6.45, 7) is 5.09. The van der Waals surface area contributed by atoms with Crippen LogP contribution in [0.2, 0.25) is 13.1 Å². The minimum Gasteiger partial charge on any atom is -0.310 e. The van der Waals surface area contributed by atoms with Gasteiger partial charge in [0.1, 0.15) is 8.07 Å². The summed E-state index contributed by atoms with van der Waals surface area (Å²) in [6, 6.07) is 51.8. The van der Waals surface area contributed by atoms with Crippen molar-refractivity contribution in [1.29, 1.82) is 0 Å². The molecular formula is C40H29NSi. The fraction of sp³-hybridized carbons (Fsp3) is 0.0500. The van der Waals surface area contributed by atoms with Crippen LogP contribution in [0.5, 0.6) is 0 Å². The van der Waals surface area contributed by atoms with Gasteiger partial charge in [-0.1, -0.05) is 116 Å². The van der Waals surface area contributed by atoms with Crippen molar-refractivity contribution in [3.63, 3.8) is 0 Å². The quantitative estimate of drug-likeness (QED) is 0.198. The maximum absolute atomic E-state index is 2.54. The molecule has 1 nitrogen and oxygen atoms in total. The minimum atomic E-state index is -2.03. The van der Waals surface area contributed by atoms with E-state index in [1.54, 1.807) is 5.19 Å². The predicted octanol–water partition coefficient (Wildman–Crippen LogP) is 9.91. The molecule has 0 atom stereocenters. The Bertz CT molecular complexity index is 2220. The van der Waals surface area contributed by atoms with Gasteiger partial charge in [-0.3, -0.25) is 0 Å². The summed E-state index contributed by atoms with van der Waals surface area (Å²) < 4.78 is 0. The lowest BCUT2D eigenvalue weighted by Crippen LogP contribution is -2.49. The fourth-order valence-corrected chi connectivity index (χ4v) is 11.2. The maximum atomic E-state index is 2.54. The molecule has 0 fully saturated rings. The highest BCUT2D eigenvalue weighted by Crippen LogP contribution is 2.50. The van der Waals surface area contributed by atoms with Crippen molar-refractivity contribution in [3.8, 4) is 33.4 Å². The van der Waals surface area contributed by atoms with Gasteiger partial charge in [-0.05, 0) is 96.3 Å². The van der Waals surface area contributed by atoms with Crippen LogP contribution in [0.3, 0.4) is 0 Å². The molecule has 0 N–H and O–H groups in total. The first kappa shape index (κ1) is 23.7. The highest BCUT2D eigenvalue weighted by atomic mass is 28.3. The van der Waals surface area contributed by atoms with Gasteiger partial charge in [0, 0.05) is 16.8 Å². The van der Waals surface area contributed by atoms with E-state index in [4.69, 9.17) is 0 Å². The molecule has 1 aliphatic carbocycles. The summed E-state index contributed by atoms with van der Waals surface area (Å²) in [5.74, 6) is 0. The standard InChI is InChI=1S/C40H29NSi/c1-42(2)38-24-28(41(27-14-4-3-5-15-27)37-21-10-13-26-12-6-7-16-29(26)37)22-23-32(38)36-25-35-31-18-9-8-17-30(31)33-19-11-20-34(39(33)35)40(36)42/h3-25H,1-2H3. The van der Waals surface area contributed by atoms with E-state index < -0.39 is 8.07 Å². The largest absolute Gasteiger partial charge is 0.310 e. The number of fused-ring (bicyclic) bond motifs is 8. The summed E-state index contributed by atoms with van der Waals surface area (Å²) in [6.07, 6.45) is 0. The van der Waals surface area contributed by atoms with Crippen LogP contribution in [-0.2, 0) is 0 Å². The van der Waals surface area contributed by atoms with Crippen LogP contribution >= 0.6 is 0 Å². The number of rotatable bonds is 3. The van der Waals surface area contributed by atoms with Crippen LogP contribution in [0.15, 0.2) is 140 Å². The van der Waals surface area contributed by atoms with Crippen molar-refractivity contribution in [2.45, 2.75) is 13.1 Å². The molecule has 0 amide bonds. The van der Waals surface area contributed by atoms with Gasteiger partial charge < -0.3 is 4.90 Å². The topological polar surface area (TPSA) is 3.24 Å². The molecule has 1 heterocycles. The third-order valence-corrected chi connectivity index (χ3v) is 13.1. The molecule has 9 rings (SSSR count). The van der Waals surface area contributed by atoms with Crippen molar-refractivity contribution in [2.75, 3.05) is 4.90 Å². The molecule has 0 saturated heterocycles. The van der Waals surface area contributed by atoms with E-state index in [1.165, 1.54) is 77.2 Å². The van der Waals surface area contributed by atoms with E-state index in [9.17, 15) is 0 Å². The summed E-state index contributed by atoms with van der Waals surface area (Å²) in [7, 11) is -2.03. The van der Waals surface area contributed by atoms with Gasteiger partial charge in [0.15, 0.2) is 0 Å². The second kappa shape index (κ2) is 8.54. The second-order valence-electron chi connectivity index (χ2n) is 12.1. The number of hydrogen-bond donors (Lipinski definition) is 0. The van der Waals surface area contributed by atoms with Crippen LogP contribution in [0.1, 0.15) is 0 Å². The smallest absolute Gasteiger partial charge is 0.114 e. The van der Waals surface area contributed by atoms with Gasteiger partial charge >= 0.3 is 0 Å². The van der Waals surface area contributed by atoms with E-state index in [1.807, 2.05) is 0 Å². The van der Waals surface area contributed by atoms with Gasteiger partial charge in [0.2, 0.25) is 0 Å². The highest BCUT2D eigenvalue weighted by molar-refractivity contribution is 7.05. The SMILES string of the molecule is C[Si]1(C)c2cc(N(c3ccccc3)c3cccc4ccccc34)ccc2-c2cc3c4c(cccc4c21)-c1ccccc1-3. The fourth-order valence-electron chi connectivity index (χ4n) is 7.73. The molecule has 0 aromatic heterocycles. The Morgan fingerprint density at radius 1 is 0.452 bits per heavy atom. The molecule has 0 bridgehead atoms. The van der Waals surface area contributed by atoms with Crippen molar-refractivity contribution in [1.82, 2.24) is 0 Å². The highest BCUT2D eigenvalue weighted by Gasteiger charge is 2.41. The van der Waals surface area contributed by atoms with Crippen molar-refractivity contribution in [3.05, 3.63) is 140 Å². The first-order valence-electron chi connectivity index (χ1n) is 14.8. The number of hydrogen-bond acceptors (Lipinski definition) is 1. The van der Waals surface area contributed by atoms with Crippen LogP contribution < -0.4 is 15.3 Å². The van der Waals surface area contributed by atoms with Crippen LogP contribution in [0.25, 0.3) is 54.9 Å². The molecule has 0 unspecified atom stereocenters. The summed E-state index contributed by atoms with van der Waals surface area (Å²) in [5.41, 5.74) is 11.9. The molecule has 198 valence electrons. The molecule has 42 heavy (non-hydrogen) atoms. The van der Waals surface area contributed by atoms with E-state index in [0.717, 1.165) is 0 Å². The Morgan fingerprint density at radius 2 is 1.12 bits per heavy atom. The second-order valence-corrected chi connectivity index (χ2v) is 16.4. The summed E-state index contributed by atoms with van der Waals surface area (Å²) >= 11 is 0. The van der Waals surface area contributed by atoms with Gasteiger partial charge in [0.05, 0.1) is 5.69 Å². The monoisotopic (exact) mass is 551 g/mol. The average molecular weight is 552 g/mol. The average Bonchev–Trinajstić information content (AvgIpc) is 3.48. The minimum absolute atomic E-state index is 1.17. The van der Waals surface area contributed by atoms with E-state index >= 15 is 0 Å². The van der Waals surface area contributed by atoms with Gasteiger partial charge in [-0.25, -0.2) is 0 Å². The molecule has 7 aromatic rings. The van der Waals surface area contributed by atoms with Crippen LogP contribution in [0, 0.1) is 0 Å². The Hall–Kier alpha value is -4.92. The maximum Gasteiger partial charge on any atom is 0.114 e. The zero-order valence-electron chi connectivity index (χ0n) is 23.7. The zero-order valence-corrected chi connectivity index (χ0v) is 24.7. The van der Waals surface area contributed by atoms with Gasteiger partial charge in [-0.2, -0.15) is 0 Å². The molecule has 7 aromatic carbocycles. The van der Waals surface area contributed by atoms with Crippen LogP contribution in [0.4, 0.5) is 17.1 Å². The Labute approximate surface area is 247 Å². The summed E-state index contributed by atoms with van der Waals surface area (Å²) in [5, 5.41) is 8.50. The number of benzene rings is 7. The first-order valence-corrected chi connectivity index (χ1v) is 17.8. The van der Waals surface area contributed by atoms with Crippen molar-refractivity contribution in [2.24, 2.45) is 0 Å². The predicted molar refractivity (Wildman–Crippen MR) is 183 cm³/mol. The van der Waals surface area contributed by atoms with Gasteiger partial charge in [0.25, 0.3) is 0 Å². The lowest BCUT2D eigenvalue weighted by Gasteiger charge is -2.28. The zero-order chi connectivity index (χ0) is 28.0. The molecule has 0 spiro atoms. The van der Waals surface area contributed by atoms with Crippen molar-refractivity contribution >= 4 is 57.1 Å². The third kappa shape index (κ3) is 3.13. The first-order chi connectivity index (χ1) is 20.6. The molecule has 0 saturated carbocycles. The molecule has 2 aliphatic rings. The molecule has 0 radical (unpaired) electrons. The van der Waals surface area contributed by atoms with Crippen molar-refractivity contribution < 1.29 is 0 Å². The lowest BCUT2D eigenvalue weighted by molar-refractivity contribution is 1.30. The van der Waals surface area contributed by atoms with E-state index in [-0.39, 0.29) is 0 Å². The third-order valence-electron chi connectivity index (χ3n) is 9.54. The number of anilines is 3. The molecule has 1 aliphatic heterocycles. The van der Waals surface area contributed by atoms with Crippen LogP contribution in [-0.4, -0.2) is 8.07 Å². The van der Waals surface area contributed by atoms with E-state index in [0.29, 0.717) is 0 Å². The van der Waals surface area contributed by atoms with E-state index in [2.05, 4.69) is 158 Å². The number of nitrogens with zero attached hydrogens (tertiary/aromatic N) is 1. The summed E-state index contributed by atoms with van der Waals surface area (Å²) in [4.78, 5) is 2.44. The van der Waals surface area contributed by atoms with Gasteiger partial charge in [-0.15, -0.1) is 0 Å². The molecular weight excluding hydrogens is 523 g/mol. The number of para-hydroxylation sites is 1.